The minimum atomic E-state index is -0.235. The smallest absolute Gasteiger partial charge is 0.229 e. The molecular formula is C17H32Cl3N5O. The Kier molecular flexibility index (Phi) is 13.3. The van der Waals surface area contributed by atoms with Crippen molar-refractivity contribution in [1.29, 1.82) is 0 Å². The van der Waals surface area contributed by atoms with Crippen molar-refractivity contribution in [2.75, 3.05) is 37.4 Å². The Balaban J connectivity index is 0. The standard InChI is InChI=1S/C17H29N5O.3ClH/c1-12(13(2)18)17(23)20-16-6-5-15(11-19-16)22-9-7-14(8-10-22)21(3)4;;;/h5-6,11-14H,7-10,18H2,1-4H3,(H,19,20,23);3*1H. The molecule has 1 saturated heterocycles. The number of anilines is 2. The van der Waals surface area contributed by atoms with Crippen LogP contribution in [0.1, 0.15) is 26.7 Å². The highest BCUT2D eigenvalue weighted by Crippen LogP contribution is 2.22. The highest BCUT2D eigenvalue weighted by Gasteiger charge is 2.21. The van der Waals surface area contributed by atoms with E-state index in [-0.39, 0.29) is 55.1 Å². The molecule has 6 nitrogen and oxygen atoms in total. The maximum absolute atomic E-state index is 12.0. The Labute approximate surface area is 175 Å². The Morgan fingerprint density at radius 1 is 1.23 bits per heavy atom. The second-order valence-electron chi connectivity index (χ2n) is 6.72. The molecule has 0 radical (unpaired) electrons. The van der Waals surface area contributed by atoms with E-state index in [1.165, 1.54) is 0 Å². The predicted octanol–water partition coefficient (Wildman–Crippen LogP) is 2.80. The van der Waals surface area contributed by atoms with Crippen LogP contribution in [0.15, 0.2) is 18.3 Å². The predicted molar refractivity (Wildman–Crippen MR) is 116 cm³/mol. The molecule has 26 heavy (non-hydrogen) atoms. The van der Waals surface area contributed by atoms with Crippen molar-refractivity contribution in [3.05, 3.63) is 18.3 Å². The van der Waals surface area contributed by atoms with E-state index in [0.717, 1.165) is 31.6 Å². The van der Waals surface area contributed by atoms with Gasteiger partial charge in [-0.3, -0.25) is 4.79 Å². The van der Waals surface area contributed by atoms with E-state index in [1.54, 1.807) is 0 Å². The molecule has 1 fully saturated rings. The monoisotopic (exact) mass is 427 g/mol. The van der Waals surface area contributed by atoms with Crippen molar-refractivity contribution >= 4 is 54.6 Å². The molecule has 0 saturated carbocycles. The van der Waals surface area contributed by atoms with Crippen LogP contribution in [0.5, 0.6) is 0 Å². The lowest BCUT2D eigenvalue weighted by atomic mass is 10.0. The van der Waals surface area contributed by atoms with E-state index >= 15 is 0 Å². The van der Waals surface area contributed by atoms with Gasteiger partial charge in [-0.25, -0.2) is 4.98 Å². The molecule has 2 atom stereocenters. The highest BCUT2D eigenvalue weighted by atomic mass is 35.5. The first-order valence-corrected chi connectivity index (χ1v) is 8.32. The molecule has 0 spiro atoms. The highest BCUT2D eigenvalue weighted by molar-refractivity contribution is 5.91. The number of nitrogens with one attached hydrogen (secondary N) is 1. The van der Waals surface area contributed by atoms with Gasteiger partial charge in [-0.15, -0.1) is 37.2 Å². The third-order valence-corrected chi connectivity index (χ3v) is 4.76. The second-order valence-corrected chi connectivity index (χ2v) is 6.72. The van der Waals surface area contributed by atoms with Crippen molar-refractivity contribution in [3.8, 4) is 0 Å². The zero-order chi connectivity index (χ0) is 17.0. The van der Waals surface area contributed by atoms with Gasteiger partial charge in [0, 0.05) is 25.2 Å². The van der Waals surface area contributed by atoms with Crippen molar-refractivity contribution in [2.45, 2.75) is 38.8 Å². The first-order chi connectivity index (χ1) is 10.9. The lowest BCUT2D eigenvalue weighted by molar-refractivity contribution is -0.119. The Morgan fingerprint density at radius 2 is 1.81 bits per heavy atom. The number of amides is 1. The molecule has 2 rings (SSSR count). The summed E-state index contributed by atoms with van der Waals surface area (Å²) in [5.74, 6) is 0.253. The molecule has 1 aromatic heterocycles. The van der Waals surface area contributed by atoms with Crippen LogP contribution in [-0.4, -0.2) is 55.1 Å². The largest absolute Gasteiger partial charge is 0.370 e. The Hall–Kier alpha value is -0.790. The number of hydrogen-bond donors (Lipinski definition) is 2. The number of carbonyl (C=O) groups is 1. The lowest BCUT2D eigenvalue weighted by Crippen LogP contribution is -2.42. The molecule has 1 aliphatic heterocycles. The molecule has 0 aromatic carbocycles. The van der Waals surface area contributed by atoms with Gasteiger partial charge < -0.3 is 20.9 Å². The van der Waals surface area contributed by atoms with Gasteiger partial charge in [-0.05, 0) is 46.0 Å². The van der Waals surface area contributed by atoms with Crippen molar-refractivity contribution in [3.63, 3.8) is 0 Å². The van der Waals surface area contributed by atoms with Crippen molar-refractivity contribution < 1.29 is 4.79 Å². The molecule has 0 bridgehead atoms. The molecule has 2 heterocycles. The minimum absolute atomic E-state index is 0. The van der Waals surface area contributed by atoms with Crippen LogP contribution < -0.4 is 16.0 Å². The fourth-order valence-electron chi connectivity index (χ4n) is 2.77. The van der Waals surface area contributed by atoms with Crippen molar-refractivity contribution in [1.82, 2.24) is 9.88 Å². The Bertz CT molecular complexity index is 520. The fraction of sp³-hybridized carbons (Fsp3) is 0.647. The quantitative estimate of drug-likeness (QED) is 0.754. The Morgan fingerprint density at radius 3 is 2.23 bits per heavy atom. The van der Waals surface area contributed by atoms with E-state index in [2.05, 4.69) is 34.2 Å². The minimum Gasteiger partial charge on any atom is -0.370 e. The van der Waals surface area contributed by atoms with E-state index in [0.29, 0.717) is 11.9 Å². The number of rotatable bonds is 5. The lowest BCUT2D eigenvalue weighted by Gasteiger charge is -2.36. The average Bonchev–Trinajstić information content (AvgIpc) is 2.54. The summed E-state index contributed by atoms with van der Waals surface area (Å²) in [4.78, 5) is 21.0. The number of aromatic nitrogens is 1. The maximum Gasteiger partial charge on any atom is 0.229 e. The number of nitrogens with zero attached hydrogens (tertiary/aromatic N) is 3. The summed E-state index contributed by atoms with van der Waals surface area (Å²) >= 11 is 0. The molecule has 152 valence electrons. The zero-order valence-electron chi connectivity index (χ0n) is 15.8. The molecule has 9 heteroatoms. The summed E-state index contributed by atoms with van der Waals surface area (Å²) < 4.78 is 0. The summed E-state index contributed by atoms with van der Waals surface area (Å²) in [5.41, 5.74) is 6.86. The molecule has 1 aliphatic rings. The van der Waals surface area contributed by atoms with Gasteiger partial charge in [0.2, 0.25) is 5.91 Å². The maximum atomic E-state index is 12.0. The van der Waals surface area contributed by atoms with Crippen LogP contribution in [0, 0.1) is 5.92 Å². The molecule has 1 amide bonds. The first-order valence-electron chi connectivity index (χ1n) is 8.32. The number of pyridine rings is 1. The van der Waals surface area contributed by atoms with Crippen LogP contribution in [0.3, 0.4) is 0 Å². The van der Waals surface area contributed by atoms with Crippen molar-refractivity contribution in [2.24, 2.45) is 11.7 Å². The molecule has 0 aliphatic carbocycles. The topological polar surface area (TPSA) is 74.5 Å². The van der Waals surface area contributed by atoms with Crippen LogP contribution in [-0.2, 0) is 4.79 Å². The summed E-state index contributed by atoms with van der Waals surface area (Å²) in [6, 6.07) is 4.37. The third-order valence-electron chi connectivity index (χ3n) is 4.76. The van der Waals surface area contributed by atoms with Gasteiger partial charge in [0.05, 0.1) is 17.8 Å². The van der Waals surface area contributed by atoms with Gasteiger partial charge in [0.25, 0.3) is 0 Å². The molecule has 2 unspecified atom stereocenters. The number of halogens is 3. The average molecular weight is 429 g/mol. The normalized spacial score (nSPS) is 16.6. The van der Waals surface area contributed by atoms with Crippen LogP contribution in [0.4, 0.5) is 11.5 Å². The number of carbonyl (C=O) groups excluding carboxylic acids is 1. The SMILES string of the molecule is CC(N)C(C)C(=O)Nc1ccc(N2CCC(N(C)C)CC2)cn1.Cl.Cl.Cl. The molecule has 1 aromatic rings. The van der Waals surface area contributed by atoms with Gasteiger partial charge in [0.1, 0.15) is 5.82 Å². The third kappa shape index (κ3) is 7.45. The second kappa shape index (κ2) is 12.6. The van der Waals surface area contributed by atoms with Gasteiger partial charge in [0.15, 0.2) is 0 Å². The van der Waals surface area contributed by atoms with Crippen LogP contribution >= 0.6 is 37.2 Å². The first kappa shape index (κ1) is 27.4. The van der Waals surface area contributed by atoms with Crippen LogP contribution in [0.2, 0.25) is 0 Å². The van der Waals surface area contributed by atoms with E-state index in [4.69, 9.17) is 5.73 Å². The van der Waals surface area contributed by atoms with E-state index in [9.17, 15) is 4.79 Å². The van der Waals surface area contributed by atoms with Gasteiger partial charge >= 0.3 is 0 Å². The van der Waals surface area contributed by atoms with Gasteiger partial charge in [-0.2, -0.15) is 0 Å². The number of piperidine rings is 1. The summed E-state index contributed by atoms with van der Waals surface area (Å²) in [6.07, 6.45) is 4.16. The number of nitrogens with two attached hydrogens (primary N) is 1. The number of hydrogen-bond acceptors (Lipinski definition) is 5. The molecular weight excluding hydrogens is 397 g/mol. The van der Waals surface area contributed by atoms with E-state index in [1.807, 2.05) is 32.2 Å². The fourth-order valence-corrected chi connectivity index (χ4v) is 2.77. The summed E-state index contributed by atoms with van der Waals surface area (Å²) in [5, 5.41) is 2.82. The zero-order valence-corrected chi connectivity index (χ0v) is 18.3. The van der Waals surface area contributed by atoms with E-state index < -0.39 is 0 Å². The summed E-state index contributed by atoms with van der Waals surface area (Å²) in [6.45, 7) is 5.73. The molecule has 3 N–H and O–H groups in total. The van der Waals surface area contributed by atoms with Crippen LogP contribution in [0.25, 0.3) is 0 Å². The summed E-state index contributed by atoms with van der Waals surface area (Å²) in [7, 11) is 4.28. The van der Waals surface area contributed by atoms with Gasteiger partial charge in [-0.1, -0.05) is 6.92 Å².